The van der Waals surface area contributed by atoms with Crippen molar-refractivity contribution in [2.24, 2.45) is 5.92 Å². The second-order valence-electron chi connectivity index (χ2n) is 3.66. The molecule has 1 aliphatic heterocycles. The number of nitrogens with one attached hydrogen (secondary N) is 2. The highest BCUT2D eigenvalue weighted by atomic mass is 79.9. The van der Waals surface area contributed by atoms with Gasteiger partial charge in [0.15, 0.2) is 5.13 Å². The second-order valence-corrected chi connectivity index (χ2v) is 6.07. The fraction of sp³-hybridized carbons (Fsp3) is 0.556. The number of halogens is 1. The molecule has 1 aliphatic rings. The van der Waals surface area contributed by atoms with E-state index in [4.69, 9.17) is 0 Å². The van der Waals surface area contributed by atoms with Gasteiger partial charge in [0.05, 0.1) is 16.0 Å². The number of hydrogen-bond acceptors (Lipinski definition) is 4. The first-order valence-electron chi connectivity index (χ1n) is 4.82. The highest BCUT2D eigenvalue weighted by molar-refractivity contribution is 9.11. The van der Waals surface area contributed by atoms with Crippen molar-refractivity contribution in [1.29, 1.82) is 0 Å². The number of anilines is 1. The first-order chi connectivity index (χ1) is 7.16. The van der Waals surface area contributed by atoms with Gasteiger partial charge in [-0.1, -0.05) is 18.3 Å². The molecule has 2 rings (SSSR count). The van der Waals surface area contributed by atoms with E-state index in [-0.39, 0.29) is 11.9 Å². The van der Waals surface area contributed by atoms with Gasteiger partial charge in [-0.25, -0.2) is 4.98 Å². The standard InChI is InChI=1S/C9H12BrN3OS/c1-5-2-3-11-7(5)8(14)13-9-12-4-6(10)15-9/h4-5,7,11H,2-3H2,1H3,(H,12,13,14). The highest BCUT2D eigenvalue weighted by Gasteiger charge is 2.29. The summed E-state index contributed by atoms with van der Waals surface area (Å²) in [6, 6.07) is -0.0762. The van der Waals surface area contributed by atoms with Crippen molar-refractivity contribution < 1.29 is 4.79 Å². The van der Waals surface area contributed by atoms with Crippen molar-refractivity contribution in [1.82, 2.24) is 10.3 Å². The van der Waals surface area contributed by atoms with Crippen molar-refractivity contribution in [3.8, 4) is 0 Å². The van der Waals surface area contributed by atoms with Crippen LogP contribution in [0.25, 0.3) is 0 Å². The normalized spacial score (nSPS) is 25.5. The minimum absolute atomic E-state index is 0.0156. The van der Waals surface area contributed by atoms with Crippen molar-refractivity contribution >= 4 is 38.3 Å². The summed E-state index contributed by atoms with van der Waals surface area (Å²) in [7, 11) is 0. The number of carbonyl (C=O) groups excluding carboxylic acids is 1. The lowest BCUT2D eigenvalue weighted by molar-refractivity contribution is -0.118. The average molecular weight is 290 g/mol. The van der Waals surface area contributed by atoms with E-state index < -0.39 is 0 Å². The summed E-state index contributed by atoms with van der Waals surface area (Å²) in [6.45, 7) is 3.00. The lowest BCUT2D eigenvalue weighted by atomic mass is 10.0. The third-order valence-corrected chi connectivity index (χ3v) is 3.91. The van der Waals surface area contributed by atoms with Crippen LogP contribution in [0.4, 0.5) is 5.13 Å². The largest absolute Gasteiger partial charge is 0.306 e. The van der Waals surface area contributed by atoms with E-state index in [0.717, 1.165) is 16.8 Å². The molecule has 0 bridgehead atoms. The van der Waals surface area contributed by atoms with Crippen LogP contribution >= 0.6 is 27.3 Å². The molecule has 1 aromatic heterocycles. The predicted octanol–water partition coefficient (Wildman–Crippen LogP) is 1.84. The van der Waals surface area contributed by atoms with Gasteiger partial charge in [-0.3, -0.25) is 4.79 Å². The van der Waals surface area contributed by atoms with Crippen LogP contribution < -0.4 is 10.6 Å². The van der Waals surface area contributed by atoms with Gasteiger partial charge in [0, 0.05) is 0 Å². The van der Waals surface area contributed by atoms with E-state index >= 15 is 0 Å². The summed E-state index contributed by atoms with van der Waals surface area (Å²) >= 11 is 4.73. The summed E-state index contributed by atoms with van der Waals surface area (Å²) in [5.41, 5.74) is 0. The van der Waals surface area contributed by atoms with Crippen LogP contribution in [0.3, 0.4) is 0 Å². The van der Waals surface area contributed by atoms with Crippen LogP contribution in [-0.4, -0.2) is 23.5 Å². The summed E-state index contributed by atoms with van der Waals surface area (Å²) in [4.78, 5) is 15.9. The third-order valence-electron chi connectivity index (χ3n) is 2.52. The van der Waals surface area contributed by atoms with Crippen LogP contribution in [0.15, 0.2) is 9.98 Å². The average Bonchev–Trinajstić information content (AvgIpc) is 2.75. The van der Waals surface area contributed by atoms with Crippen molar-refractivity contribution in [3.63, 3.8) is 0 Å². The van der Waals surface area contributed by atoms with Gasteiger partial charge in [0.1, 0.15) is 0 Å². The van der Waals surface area contributed by atoms with Crippen molar-refractivity contribution in [2.45, 2.75) is 19.4 Å². The van der Waals surface area contributed by atoms with E-state index in [1.165, 1.54) is 11.3 Å². The molecular weight excluding hydrogens is 278 g/mol. The molecule has 2 atom stereocenters. The molecule has 0 aliphatic carbocycles. The van der Waals surface area contributed by atoms with E-state index in [9.17, 15) is 4.79 Å². The van der Waals surface area contributed by atoms with Crippen LogP contribution in [0.5, 0.6) is 0 Å². The molecule has 1 aromatic rings. The Labute approximate surface area is 101 Å². The summed E-state index contributed by atoms with van der Waals surface area (Å²) in [5, 5.41) is 6.64. The number of nitrogens with zero attached hydrogens (tertiary/aromatic N) is 1. The summed E-state index contributed by atoms with van der Waals surface area (Å²) in [5.74, 6) is 0.412. The van der Waals surface area contributed by atoms with Crippen molar-refractivity contribution in [2.75, 3.05) is 11.9 Å². The Morgan fingerprint density at radius 3 is 3.13 bits per heavy atom. The topological polar surface area (TPSA) is 54.0 Å². The number of thiazole rings is 1. The molecule has 0 aromatic carbocycles. The number of rotatable bonds is 2. The number of carbonyl (C=O) groups is 1. The molecule has 0 radical (unpaired) electrons. The van der Waals surface area contributed by atoms with Gasteiger partial charge in [-0.05, 0) is 34.8 Å². The molecule has 1 fully saturated rings. The van der Waals surface area contributed by atoms with Gasteiger partial charge >= 0.3 is 0 Å². The van der Waals surface area contributed by atoms with Gasteiger partial charge in [-0.15, -0.1) is 0 Å². The minimum atomic E-state index is -0.0762. The zero-order valence-corrected chi connectivity index (χ0v) is 10.7. The molecule has 2 N–H and O–H groups in total. The van der Waals surface area contributed by atoms with Crippen LogP contribution in [0, 0.1) is 5.92 Å². The Morgan fingerprint density at radius 1 is 1.80 bits per heavy atom. The molecule has 1 saturated heterocycles. The fourth-order valence-electron chi connectivity index (χ4n) is 1.68. The molecule has 6 heteroatoms. The van der Waals surface area contributed by atoms with Crippen LogP contribution in [0.1, 0.15) is 13.3 Å². The smallest absolute Gasteiger partial charge is 0.243 e. The fourth-order valence-corrected chi connectivity index (χ4v) is 2.79. The monoisotopic (exact) mass is 289 g/mol. The Hall–Kier alpha value is -0.460. The maximum atomic E-state index is 11.8. The maximum absolute atomic E-state index is 11.8. The number of hydrogen-bond donors (Lipinski definition) is 2. The lowest BCUT2D eigenvalue weighted by Crippen LogP contribution is -2.39. The first-order valence-corrected chi connectivity index (χ1v) is 6.43. The molecule has 1 amide bonds. The summed E-state index contributed by atoms with van der Waals surface area (Å²) in [6.07, 6.45) is 2.74. The molecule has 0 spiro atoms. The van der Waals surface area contributed by atoms with Gasteiger partial charge in [-0.2, -0.15) is 0 Å². The quantitative estimate of drug-likeness (QED) is 0.874. The molecule has 2 unspecified atom stereocenters. The van der Waals surface area contributed by atoms with E-state index in [0.29, 0.717) is 11.0 Å². The molecule has 0 saturated carbocycles. The van der Waals surface area contributed by atoms with E-state index in [2.05, 4.69) is 38.5 Å². The molecule has 15 heavy (non-hydrogen) atoms. The Morgan fingerprint density at radius 2 is 2.60 bits per heavy atom. The van der Waals surface area contributed by atoms with Crippen molar-refractivity contribution in [3.05, 3.63) is 9.98 Å². The first kappa shape index (κ1) is 11.0. The highest BCUT2D eigenvalue weighted by Crippen LogP contribution is 2.24. The zero-order valence-electron chi connectivity index (χ0n) is 8.29. The Kier molecular flexibility index (Phi) is 3.38. The maximum Gasteiger partial charge on any atom is 0.243 e. The number of amides is 1. The molecule has 2 heterocycles. The molecule has 4 nitrogen and oxygen atoms in total. The van der Waals surface area contributed by atoms with Gasteiger partial charge in [0.2, 0.25) is 5.91 Å². The third kappa shape index (κ3) is 2.56. The predicted molar refractivity (Wildman–Crippen MR) is 64.0 cm³/mol. The minimum Gasteiger partial charge on any atom is -0.306 e. The Balaban J connectivity index is 1.97. The second kappa shape index (κ2) is 4.59. The Bertz CT molecular complexity index is 368. The summed E-state index contributed by atoms with van der Waals surface area (Å²) < 4.78 is 0.922. The van der Waals surface area contributed by atoms with E-state index in [1.807, 2.05) is 0 Å². The lowest BCUT2D eigenvalue weighted by Gasteiger charge is -2.13. The van der Waals surface area contributed by atoms with E-state index in [1.54, 1.807) is 6.20 Å². The van der Waals surface area contributed by atoms with Crippen LogP contribution in [0.2, 0.25) is 0 Å². The zero-order chi connectivity index (χ0) is 10.8. The van der Waals surface area contributed by atoms with Gasteiger partial charge < -0.3 is 10.6 Å². The number of aromatic nitrogens is 1. The molecule has 82 valence electrons. The van der Waals surface area contributed by atoms with Crippen LogP contribution in [-0.2, 0) is 4.79 Å². The van der Waals surface area contributed by atoms with Gasteiger partial charge in [0.25, 0.3) is 0 Å². The SMILES string of the molecule is CC1CCNC1C(=O)Nc1ncc(Br)s1. The molecular formula is C9H12BrN3OS.